The molecule has 100 valence electrons. The van der Waals surface area contributed by atoms with Gasteiger partial charge in [0, 0.05) is 5.41 Å². The minimum atomic E-state index is 0.0671. The maximum absolute atomic E-state index is 2.29. The van der Waals surface area contributed by atoms with Crippen molar-refractivity contribution in [2.45, 2.75) is 39.5 Å². The molecule has 0 aromatic heterocycles. The van der Waals surface area contributed by atoms with Gasteiger partial charge in [-0.05, 0) is 29.0 Å². The van der Waals surface area contributed by atoms with Crippen LogP contribution < -0.4 is 0 Å². The first-order valence-electron chi connectivity index (χ1n) is 7.15. The Hall–Kier alpha value is -1.56. The highest BCUT2D eigenvalue weighted by Crippen LogP contribution is 2.31. The summed E-state index contributed by atoms with van der Waals surface area (Å²) in [4.78, 5) is 0. The Morgan fingerprint density at radius 3 is 1.84 bits per heavy atom. The SMILES string of the molecule is CC(C)Cc1ccc(C(C)(C)c2ccccc2)cc1. The smallest absolute Gasteiger partial charge is 0.0146 e. The van der Waals surface area contributed by atoms with E-state index in [0.717, 1.165) is 6.42 Å². The van der Waals surface area contributed by atoms with Crippen molar-refractivity contribution in [1.82, 2.24) is 0 Å². The van der Waals surface area contributed by atoms with Crippen LogP contribution in [0.2, 0.25) is 0 Å². The van der Waals surface area contributed by atoms with E-state index in [9.17, 15) is 0 Å². The average molecular weight is 252 g/mol. The summed E-state index contributed by atoms with van der Waals surface area (Å²) >= 11 is 0. The van der Waals surface area contributed by atoms with Gasteiger partial charge in [0.1, 0.15) is 0 Å². The molecular weight excluding hydrogens is 228 g/mol. The molecule has 0 heteroatoms. The van der Waals surface area contributed by atoms with Crippen LogP contribution in [0.25, 0.3) is 0 Å². The largest absolute Gasteiger partial charge is 0.0625 e. The summed E-state index contributed by atoms with van der Waals surface area (Å²) in [7, 11) is 0. The maximum atomic E-state index is 2.29. The molecule has 0 aliphatic rings. The highest BCUT2D eigenvalue weighted by atomic mass is 14.3. The van der Waals surface area contributed by atoms with Gasteiger partial charge in [-0.3, -0.25) is 0 Å². The van der Waals surface area contributed by atoms with E-state index in [4.69, 9.17) is 0 Å². The predicted octanol–water partition coefficient (Wildman–Crippen LogP) is 5.21. The highest BCUT2D eigenvalue weighted by Gasteiger charge is 2.22. The molecule has 0 amide bonds. The normalized spacial score (nSPS) is 11.8. The molecule has 19 heavy (non-hydrogen) atoms. The van der Waals surface area contributed by atoms with E-state index < -0.39 is 0 Å². The first-order chi connectivity index (χ1) is 9.00. The Morgan fingerprint density at radius 2 is 1.32 bits per heavy atom. The monoisotopic (exact) mass is 252 g/mol. The zero-order chi connectivity index (χ0) is 13.9. The van der Waals surface area contributed by atoms with Crippen molar-refractivity contribution >= 4 is 0 Å². The van der Waals surface area contributed by atoms with Gasteiger partial charge in [0.05, 0.1) is 0 Å². The summed E-state index contributed by atoms with van der Waals surface area (Å²) in [5.41, 5.74) is 4.25. The van der Waals surface area contributed by atoms with Crippen LogP contribution >= 0.6 is 0 Å². The van der Waals surface area contributed by atoms with Crippen molar-refractivity contribution in [3.05, 3.63) is 71.3 Å². The Kier molecular flexibility index (Phi) is 4.09. The van der Waals surface area contributed by atoms with Crippen LogP contribution in [0.1, 0.15) is 44.4 Å². The lowest BCUT2D eigenvalue weighted by molar-refractivity contribution is 0.634. The molecule has 0 radical (unpaired) electrons. The third kappa shape index (κ3) is 3.26. The lowest BCUT2D eigenvalue weighted by atomic mass is 9.78. The summed E-state index contributed by atoms with van der Waals surface area (Å²) < 4.78 is 0. The molecule has 0 atom stereocenters. The van der Waals surface area contributed by atoms with Crippen LogP contribution in [0.3, 0.4) is 0 Å². The van der Waals surface area contributed by atoms with Gasteiger partial charge in [-0.15, -0.1) is 0 Å². The van der Waals surface area contributed by atoms with E-state index in [1.54, 1.807) is 0 Å². The van der Waals surface area contributed by atoms with Crippen molar-refractivity contribution in [2.75, 3.05) is 0 Å². The molecule has 2 aromatic rings. The fourth-order valence-electron chi connectivity index (χ4n) is 2.55. The Bertz CT molecular complexity index is 503. The lowest BCUT2D eigenvalue weighted by Gasteiger charge is -2.26. The van der Waals surface area contributed by atoms with Crippen LogP contribution in [0.5, 0.6) is 0 Å². The van der Waals surface area contributed by atoms with Gasteiger partial charge >= 0.3 is 0 Å². The zero-order valence-corrected chi connectivity index (χ0v) is 12.5. The first kappa shape index (κ1) is 13.9. The predicted molar refractivity (Wildman–Crippen MR) is 83.6 cm³/mol. The number of hydrogen-bond donors (Lipinski definition) is 0. The van der Waals surface area contributed by atoms with E-state index in [2.05, 4.69) is 82.3 Å². The van der Waals surface area contributed by atoms with Gasteiger partial charge in [0.2, 0.25) is 0 Å². The molecule has 0 aliphatic carbocycles. The second kappa shape index (κ2) is 5.61. The van der Waals surface area contributed by atoms with Gasteiger partial charge < -0.3 is 0 Å². The summed E-state index contributed by atoms with van der Waals surface area (Å²) in [5, 5.41) is 0. The standard InChI is InChI=1S/C19H24/c1-15(2)14-16-10-12-18(13-11-16)19(3,4)17-8-6-5-7-9-17/h5-13,15H,14H2,1-4H3. The average Bonchev–Trinajstić information content (AvgIpc) is 2.40. The maximum Gasteiger partial charge on any atom is 0.0146 e. The van der Waals surface area contributed by atoms with Crippen molar-refractivity contribution in [2.24, 2.45) is 5.92 Å². The minimum absolute atomic E-state index is 0.0671. The number of rotatable bonds is 4. The van der Waals surface area contributed by atoms with E-state index in [0.29, 0.717) is 5.92 Å². The van der Waals surface area contributed by atoms with Crippen LogP contribution in [0, 0.1) is 5.92 Å². The van der Waals surface area contributed by atoms with Gasteiger partial charge in [-0.1, -0.05) is 82.3 Å². The Balaban J connectivity index is 2.26. The minimum Gasteiger partial charge on any atom is -0.0625 e. The van der Waals surface area contributed by atoms with Gasteiger partial charge in [-0.25, -0.2) is 0 Å². The van der Waals surface area contributed by atoms with Crippen LogP contribution in [0.15, 0.2) is 54.6 Å². The molecule has 0 aliphatic heterocycles. The summed E-state index contributed by atoms with van der Waals surface area (Å²) in [6.45, 7) is 9.11. The lowest BCUT2D eigenvalue weighted by Crippen LogP contribution is -2.18. The molecule has 0 N–H and O–H groups in total. The molecule has 0 nitrogen and oxygen atoms in total. The third-order valence-electron chi connectivity index (χ3n) is 3.82. The molecular formula is C19H24. The molecule has 2 rings (SSSR count). The van der Waals surface area contributed by atoms with E-state index >= 15 is 0 Å². The summed E-state index contributed by atoms with van der Waals surface area (Å²) in [6.07, 6.45) is 1.16. The third-order valence-corrected chi connectivity index (χ3v) is 3.82. The van der Waals surface area contributed by atoms with Crippen LogP contribution in [-0.2, 0) is 11.8 Å². The molecule has 0 saturated carbocycles. The van der Waals surface area contributed by atoms with E-state index in [-0.39, 0.29) is 5.41 Å². The summed E-state index contributed by atoms with van der Waals surface area (Å²) in [6, 6.07) is 19.8. The summed E-state index contributed by atoms with van der Waals surface area (Å²) in [5.74, 6) is 0.716. The topological polar surface area (TPSA) is 0 Å². The number of hydrogen-bond acceptors (Lipinski definition) is 0. The molecule has 0 fully saturated rings. The molecule has 0 bridgehead atoms. The Labute approximate surface area is 117 Å². The van der Waals surface area contributed by atoms with Gasteiger partial charge in [-0.2, -0.15) is 0 Å². The molecule has 0 heterocycles. The molecule has 2 aromatic carbocycles. The van der Waals surface area contributed by atoms with Gasteiger partial charge in [0.25, 0.3) is 0 Å². The van der Waals surface area contributed by atoms with Crippen molar-refractivity contribution in [3.63, 3.8) is 0 Å². The second-order valence-electron chi connectivity index (χ2n) is 6.29. The van der Waals surface area contributed by atoms with Crippen molar-refractivity contribution < 1.29 is 0 Å². The Morgan fingerprint density at radius 1 is 0.789 bits per heavy atom. The quantitative estimate of drug-likeness (QED) is 0.700. The van der Waals surface area contributed by atoms with E-state index in [1.807, 2.05) is 0 Å². The van der Waals surface area contributed by atoms with E-state index in [1.165, 1.54) is 16.7 Å². The van der Waals surface area contributed by atoms with Crippen molar-refractivity contribution in [3.8, 4) is 0 Å². The van der Waals surface area contributed by atoms with Crippen molar-refractivity contribution in [1.29, 1.82) is 0 Å². The molecule has 0 spiro atoms. The second-order valence-corrected chi connectivity index (χ2v) is 6.29. The fourth-order valence-corrected chi connectivity index (χ4v) is 2.55. The zero-order valence-electron chi connectivity index (χ0n) is 12.5. The molecule has 0 saturated heterocycles. The number of benzene rings is 2. The van der Waals surface area contributed by atoms with Gasteiger partial charge in [0.15, 0.2) is 0 Å². The molecule has 0 unspecified atom stereocenters. The fraction of sp³-hybridized carbons (Fsp3) is 0.368. The van der Waals surface area contributed by atoms with Crippen LogP contribution in [-0.4, -0.2) is 0 Å². The van der Waals surface area contributed by atoms with Crippen LogP contribution in [0.4, 0.5) is 0 Å². The highest BCUT2D eigenvalue weighted by molar-refractivity contribution is 5.38. The first-order valence-corrected chi connectivity index (χ1v) is 7.15.